The fourth-order valence-corrected chi connectivity index (χ4v) is 3.24. The van der Waals surface area contributed by atoms with Crippen LogP contribution in [0.25, 0.3) is 0 Å². The number of aromatic nitrogens is 1. The van der Waals surface area contributed by atoms with Crippen LogP contribution < -0.4 is 10.2 Å². The van der Waals surface area contributed by atoms with Crippen molar-refractivity contribution in [1.29, 1.82) is 0 Å². The minimum atomic E-state index is 0.664. The van der Waals surface area contributed by atoms with Gasteiger partial charge in [-0.2, -0.15) is 0 Å². The number of anilines is 1. The molecule has 1 unspecified atom stereocenters. The molecule has 2 fully saturated rings. The van der Waals surface area contributed by atoms with Crippen LogP contribution in [0.3, 0.4) is 0 Å². The second-order valence-corrected chi connectivity index (χ2v) is 6.72. The molecular weight excluding hydrogens is 246 g/mol. The molecule has 1 saturated heterocycles. The molecule has 0 spiro atoms. The molecule has 0 radical (unpaired) electrons. The highest BCUT2D eigenvalue weighted by Crippen LogP contribution is 2.29. The molecule has 1 aromatic rings. The summed E-state index contributed by atoms with van der Waals surface area (Å²) in [5, 5.41) is 3.58. The summed E-state index contributed by atoms with van der Waals surface area (Å²) >= 11 is 0. The van der Waals surface area contributed by atoms with Crippen molar-refractivity contribution >= 4 is 5.82 Å². The smallest absolute Gasteiger partial charge is 0.129 e. The molecule has 1 N–H and O–H groups in total. The lowest BCUT2D eigenvalue weighted by atomic mass is 10.0. The summed E-state index contributed by atoms with van der Waals surface area (Å²) in [4.78, 5) is 7.38. The van der Waals surface area contributed by atoms with E-state index in [9.17, 15) is 0 Å². The van der Waals surface area contributed by atoms with Crippen molar-refractivity contribution in [3.63, 3.8) is 0 Å². The van der Waals surface area contributed by atoms with Crippen LogP contribution in [0.2, 0.25) is 0 Å². The van der Waals surface area contributed by atoms with Crippen LogP contribution in [0.1, 0.15) is 50.8 Å². The van der Waals surface area contributed by atoms with Gasteiger partial charge in [0.25, 0.3) is 0 Å². The van der Waals surface area contributed by atoms with Crippen molar-refractivity contribution in [3.8, 4) is 0 Å². The largest absolute Gasteiger partial charge is 0.353 e. The Morgan fingerprint density at radius 1 is 1.30 bits per heavy atom. The molecule has 1 aliphatic heterocycles. The third kappa shape index (κ3) is 2.98. The summed E-state index contributed by atoms with van der Waals surface area (Å²) in [6.45, 7) is 8.92. The fourth-order valence-electron chi connectivity index (χ4n) is 3.24. The maximum absolute atomic E-state index is 4.87. The topological polar surface area (TPSA) is 28.2 Å². The van der Waals surface area contributed by atoms with Crippen LogP contribution >= 0.6 is 0 Å². The Bertz CT molecular complexity index is 465. The lowest BCUT2D eigenvalue weighted by Gasteiger charge is -2.29. The maximum atomic E-state index is 4.87. The van der Waals surface area contributed by atoms with E-state index < -0.39 is 0 Å². The number of rotatable bonds is 5. The highest BCUT2D eigenvalue weighted by Gasteiger charge is 2.28. The Kier molecular flexibility index (Phi) is 3.97. The zero-order valence-electron chi connectivity index (χ0n) is 13.0. The van der Waals surface area contributed by atoms with Crippen LogP contribution in [-0.2, 0) is 6.54 Å². The average Bonchev–Trinajstić information content (AvgIpc) is 3.11. The molecule has 20 heavy (non-hydrogen) atoms. The molecule has 110 valence electrons. The van der Waals surface area contributed by atoms with Crippen molar-refractivity contribution in [2.24, 2.45) is 5.92 Å². The molecule has 1 aliphatic carbocycles. The first-order chi connectivity index (χ1) is 9.65. The molecule has 3 rings (SSSR count). The first kappa shape index (κ1) is 13.9. The Hall–Kier alpha value is -1.09. The first-order valence-electron chi connectivity index (χ1n) is 8.11. The predicted molar refractivity (Wildman–Crippen MR) is 84.0 cm³/mol. The highest BCUT2D eigenvalue weighted by atomic mass is 15.2. The Balaban J connectivity index is 1.71. The number of hydrogen-bond donors (Lipinski definition) is 1. The van der Waals surface area contributed by atoms with Crippen molar-refractivity contribution in [2.75, 3.05) is 11.4 Å². The van der Waals surface area contributed by atoms with Gasteiger partial charge in [-0.15, -0.1) is 0 Å². The molecule has 1 atom stereocenters. The molecule has 3 heteroatoms. The summed E-state index contributed by atoms with van der Waals surface area (Å²) in [7, 11) is 0. The Morgan fingerprint density at radius 3 is 2.75 bits per heavy atom. The van der Waals surface area contributed by atoms with Crippen LogP contribution in [0.4, 0.5) is 5.82 Å². The summed E-state index contributed by atoms with van der Waals surface area (Å²) in [5.74, 6) is 1.88. The maximum Gasteiger partial charge on any atom is 0.129 e. The van der Waals surface area contributed by atoms with Gasteiger partial charge in [-0.25, -0.2) is 4.98 Å². The van der Waals surface area contributed by atoms with Gasteiger partial charge in [-0.3, -0.25) is 0 Å². The van der Waals surface area contributed by atoms with Crippen molar-refractivity contribution in [1.82, 2.24) is 10.3 Å². The van der Waals surface area contributed by atoms with Gasteiger partial charge in [0.15, 0.2) is 0 Å². The van der Waals surface area contributed by atoms with Gasteiger partial charge in [0.1, 0.15) is 5.82 Å². The van der Waals surface area contributed by atoms with Gasteiger partial charge in [-0.1, -0.05) is 19.9 Å². The Labute approximate surface area is 122 Å². The van der Waals surface area contributed by atoms with Gasteiger partial charge in [0.05, 0.1) is 0 Å². The van der Waals surface area contributed by atoms with Gasteiger partial charge < -0.3 is 10.2 Å². The van der Waals surface area contributed by atoms with Crippen molar-refractivity contribution < 1.29 is 0 Å². The molecule has 0 aromatic carbocycles. The van der Waals surface area contributed by atoms with E-state index in [2.05, 4.69) is 43.1 Å². The quantitative estimate of drug-likeness (QED) is 0.892. The van der Waals surface area contributed by atoms with E-state index in [1.807, 2.05) is 0 Å². The van der Waals surface area contributed by atoms with E-state index in [1.54, 1.807) is 0 Å². The van der Waals surface area contributed by atoms with Crippen LogP contribution in [0, 0.1) is 12.8 Å². The summed E-state index contributed by atoms with van der Waals surface area (Å²) in [6.07, 6.45) is 5.29. The second kappa shape index (κ2) is 5.72. The van der Waals surface area contributed by atoms with Crippen LogP contribution in [-0.4, -0.2) is 23.6 Å². The van der Waals surface area contributed by atoms with E-state index >= 15 is 0 Å². The lowest BCUT2D eigenvalue weighted by molar-refractivity contribution is 0.489. The van der Waals surface area contributed by atoms with E-state index in [-0.39, 0.29) is 0 Å². The third-order valence-electron chi connectivity index (χ3n) is 4.70. The molecule has 0 bridgehead atoms. The van der Waals surface area contributed by atoms with Gasteiger partial charge >= 0.3 is 0 Å². The van der Waals surface area contributed by atoms with E-state index in [0.717, 1.165) is 19.1 Å². The normalized spacial score (nSPS) is 22.8. The SMILES string of the molecule is Cc1nc(N2CCCC2C(C)C)ccc1CNC1CC1. The van der Waals surface area contributed by atoms with Gasteiger partial charge in [0, 0.05) is 30.9 Å². The fraction of sp³-hybridized carbons (Fsp3) is 0.706. The minimum Gasteiger partial charge on any atom is -0.353 e. The monoisotopic (exact) mass is 273 g/mol. The summed E-state index contributed by atoms with van der Waals surface area (Å²) < 4.78 is 0. The molecule has 0 amide bonds. The van der Waals surface area contributed by atoms with Crippen molar-refractivity contribution in [3.05, 3.63) is 23.4 Å². The minimum absolute atomic E-state index is 0.664. The third-order valence-corrected chi connectivity index (χ3v) is 4.70. The van der Waals surface area contributed by atoms with Gasteiger partial charge in [0.2, 0.25) is 0 Å². The molecule has 2 aliphatic rings. The van der Waals surface area contributed by atoms with Crippen molar-refractivity contribution in [2.45, 2.75) is 65.1 Å². The Morgan fingerprint density at radius 2 is 2.10 bits per heavy atom. The number of pyridine rings is 1. The van der Waals surface area contributed by atoms with E-state index in [4.69, 9.17) is 4.98 Å². The highest BCUT2D eigenvalue weighted by molar-refractivity contribution is 5.44. The second-order valence-electron chi connectivity index (χ2n) is 6.72. The first-order valence-corrected chi connectivity index (χ1v) is 8.11. The zero-order valence-corrected chi connectivity index (χ0v) is 13.0. The molecule has 3 nitrogen and oxygen atoms in total. The summed E-state index contributed by atoms with van der Waals surface area (Å²) in [6, 6.07) is 5.91. The number of hydrogen-bond acceptors (Lipinski definition) is 3. The predicted octanol–water partition coefficient (Wildman–Crippen LogP) is 3.27. The van der Waals surface area contributed by atoms with Crippen LogP contribution in [0.15, 0.2) is 12.1 Å². The lowest BCUT2D eigenvalue weighted by Crippen LogP contribution is -2.34. The van der Waals surface area contributed by atoms with E-state index in [0.29, 0.717) is 12.0 Å². The molecular formula is C17H27N3. The molecule has 1 saturated carbocycles. The number of nitrogens with one attached hydrogen (secondary N) is 1. The number of aryl methyl sites for hydroxylation is 1. The molecule has 2 heterocycles. The average molecular weight is 273 g/mol. The number of nitrogens with zero attached hydrogens (tertiary/aromatic N) is 2. The molecule has 1 aromatic heterocycles. The summed E-state index contributed by atoms with van der Waals surface area (Å²) in [5.41, 5.74) is 2.53. The van der Waals surface area contributed by atoms with Gasteiger partial charge in [-0.05, 0) is 50.2 Å². The van der Waals surface area contributed by atoms with E-state index in [1.165, 1.54) is 42.8 Å². The standard InChI is InChI=1S/C17H27N3/c1-12(2)16-5-4-10-20(16)17-9-6-14(13(3)19-17)11-18-15-7-8-15/h6,9,12,15-16,18H,4-5,7-8,10-11H2,1-3H3. The zero-order chi connectivity index (χ0) is 14.1. The van der Waals surface area contributed by atoms with Crippen LogP contribution in [0.5, 0.6) is 0 Å².